The second-order valence-electron chi connectivity index (χ2n) is 4.95. The average molecular weight is 321 g/mol. The minimum atomic E-state index is -2.53. The number of fused-ring (bicyclic) bond motifs is 6. The Bertz CT molecular complexity index is 490. The van der Waals surface area contributed by atoms with Crippen LogP contribution < -0.4 is 0 Å². The summed E-state index contributed by atoms with van der Waals surface area (Å²) >= 11 is 1.54. The van der Waals surface area contributed by atoms with Crippen LogP contribution >= 0.6 is 11.8 Å². The van der Waals surface area contributed by atoms with Crippen LogP contribution in [0.5, 0.6) is 0 Å². The van der Waals surface area contributed by atoms with E-state index >= 15 is 0 Å². The van der Waals surface area contributed by atoms with Crippen LogP contribution in [0.2, 0.25) is 0 Å². The fraction of sp³-hybridized carbons (Fsp3) is 0.467. The van der Waals surface area contributed by atoms with Gasteiger partial charge in [-0.2, -0.15) is 0 Å². The Morgan fingerprint density at radius 2 is 1.62 bits per heavy atom. The molecule has 0 aromatic heterocycles. The summed E-state index contributed by atoms with van der Waals surface area (Å²) in [7, 11) is -2.53. The van der Waals surface area contributed by atoms with E-state index in [2.05, 4.69) is 16.1 Å². The van der Waals surface area contributed by atoms with E-state index in [1.54, 1.807) is 0 Å². The number of hydrogen-bond donors (Lipinski definition) is 0. The Balaban J connectivity index is 1.58. The summed E-state index contributed by atoms with van der Waals surface area (Å²) in [5, 5.41) is 3.83. The lowest BCUT2D eigenvalue weighted by Crippen LogP contribution is -2.56. The standard InChI is InChI=1S/C15H19NO3SSi/c1-2-4-15(5-3-1)6-13-20-14-21-17-10-7-16(8-11-18-21)9-12-19-21/h1-5H,7-12,14H2. The van der Waals surface area contributed by atoms with Crippen molar-refractivity contribution in [1.82, 2.24) is 4.90 Å². The zero-order valence-electron chi connectivity index (χ0n) is 11.9. The number of thioether (sulfide) groups is 1. The van der Waals surface area contributed by atoms with Crippen LogP contribution in [0.15, 0.2) is 30.3 Å². The van der Waals surface area contributed by atoms with Gasteiger partial charge < -0.3 is 13.3 Å². The quantitative estimate of drug-likeness (QED) is 0.610. The molecule has 0 radical (unpaired) electrons. The molecule has 3 fully saturated rings. The van der Waals surface area contributed by atoms with E-state index in [-0.39, 0.29) is 0 Å². The van der Waals surface area contributed by atoms with Crippen molar-refractivity contribution in [3.05, 3.63) is 35.9 Å². The molecule has 0 N–H and O–H groups in total. The third-order valence-electron chi connectivity index (χ3n) is 3.48. The number of rotatable bonds is 2. The Kier molecular flexibility index (Phi) is 5.36. The van der Waals surface area contributed by atoms with E-state index in [1.165, 1.54) is 11.8 Å². The first-order valence-electron chi connectivity index (χ1n) is 7.18. The second kappa shape index (κ2) is 7.45. The van der Waals surface area contributed by atoms with E-state index in [9.17, 15) is 0 Å². The molecule has 4 nitrogen and oxygen atoms in total. The van der Waals surface area contributed by atoms with Gasteiger partial charge in [0.25, 0.3) is 0 Å². The van der Waals surface area contributed by atoms with Crippen molar-refractivity contribution < 1.29 is 13.3 Å². The lowest BCUT2D eigenvalue weighted by Gasteiger charge is -2.37. The van der Waals surface area contributed by atoms with Crippen LogP contribution in [0.4, 0.5) is 0 Å². The predicted octanol–water partition coefficient (Wildman–Crippen LogP) is 1.59. The Hall–Kier alpha value is -0.813. The van der Waals surface area contributed by atoms with Gasteiger partial charge in [-0.1, -0.05) is 35.9 Å². The fourth-order valence-electron chi connectivity index (χ4n) is 2.32. The van der Waals surface area contributed by atoms with Crippen molar-refractivity contribution in [3.63, 3.8) is 0 Å². The van der Waals surface area contributed by atoms with Gasteiger partial charge in [0, 0.05) is 25.2 Å². The van der Waals surface area contributed by atoms with Crippen molar-refractivity contribution >= 4 is 20.6 Å². The molecule has 0 unspecified atom stereocenters. The summed E-state index contributed by atoms with van der Waals surface area (Å²) in [6.07, 6.45) is 0. The predicted molar refractivity (Wildman–Crippen MR) is 85.8 cm³/mol. The Labute approximate surface area is 131 Å². The fourth-order valence-corrected chi connectivity index (χ4v) is 5.96. The van der Waals surface area contributed by atoms with E-state index in [0.717, 1.165) is 25.2 Å². The third-order valence-corrected chi connectivity index (χ3v) is 7.65. The zero-order valence-corrected chi connectivity index (χ0v) is 13.7. The maximum absolute atomic E-state index is 5.96. The summed E-state index contributed by atoms with van der Waals surface area (Å²) < 4.78 is 17.9. The van der Waals surface area contributed by atoms with Gasteiger partial charge in [0.15, 0.2) is 0 Å². The third kappa shape index (κ3) is 4.33. The van der Waals surface area contributed by atoms with E-state index < -0.39 is 8.80 Å². The van der Waals surface area contributed by atoms with Crippen LogP contribution in [0, 0.1) is 11.2 Å². The average Bonchev–Trinajstić information content (AvgIpc) is 2.45. The lowest BCUT2D eigenvalue weighted by atomic mass is 10.2. The van der Waals surface area contributed by atoms with E-state index in [1.807, 2.05) is 30.3 Å². The molecule has 0 spiro atoms. The molecule has 1 aromatic carbocycles. The first kappa shape index (κ1) is 15.1. The summed E-state index contributed by atoms with van der Waals surface area (Å²) in [5.74, 6) is 3.14. The van der Waals surface area contributed by atoms with Crippen LogP contribution in [0.1, 0.15) is 5.56 Å². The molecule has 112 valence electrons. The molecule has 6 heteroatoms. The molecule has 3 saturated heterocycles. The summed E-state index contributed by atoms with van der Waals surface area (Å²) in [6, 6.07) is 9.99. The highest BCUT2D eigenvalue weighted by atomic mass is 32.2. The van der Waals surface area contributed by atoms with Crippen LogP contribution in [0.25, 0.3) is 0 Å². The van der Waals surface area contributed by atoms with Crippen molar-refractivity contribution in [2.24, 2.45) is 0 Å². The molecule has 2 bridgehead atoms. The minimum absolute atomic E-state index is 0.693. The molecule has 4 rings (SSSR count). The van der Waals surface area contributed by atoms with Crippen LogP contribution in [-0.2, 0) is 13.3 Å². The SMILES string of the molecule is C(#Cc1ccccc1)SC[Si]12OCCN(CCO1)CCO2. The maximum Gasteiger partial charge on any atom is 0.512 e. The molecular formula is C15H19NO3SSi. The Morgan fingerprint density at radius 1 is 1.00 bits per heavy atom. The molecule has 21 heavy (non-hydrogen) atoms. The van der Waals surface area contributed by atoms with Crippen LogP contribution in [-0.4, -0.2) is 58.5 Å². The van der Waals surface area contributed by atoms with Gasteiger partial charge in [-0.05, 0) is 17.4 Å². The normalized spacial score (nSPS) is 28.9. The molecule has 0 atom stereocenters. The van der Waals surface area contributed by atoms with Gasteiger partial charge >= 0.3 is 8.80 Å². The largest absolute Gasteiger partial charge is 0.512 e. The monoisotopic (exact) mass is 321 g/mol. The van der Waals surface area contributed by atoms with Gasteiger partial charge in [0.05, 0.1) is 25.2 Å². The second-order valence-corrected chi connectivity index (χ2v) is 8.83. The summed E-state index contributed by atoms with van der Waals surface area (Å²) in [5.41, 5.74) is 1.03. The van der Waals surface area contributed by atoms with E-state index in [4.69, 9.17) is 13.3 Å². The van der Waals surface area contributed by atoms with Gasteiger partial charge in [-0.15, -0.1) is 0 Å². The van der Waals surface area contributed by atoms with Gasteiger partial charge in [-0.3, -0.25) is 4.90 Å². The first-order valence-corrected chi connectivity index (χ1v) is 10.1. The maximum atomic E-state index is 5.96. The topological polar surface area (TPSA) is 30.9 Å². The van der Waals surface area contributed by atoms with Crippen molar-refractivity contribution in [2.75, 3.05) is 44.8 Å². The number of hydrogen-bond acceptors (Lipinski definition) is 5. The molecule has 0 saturated carbocycles. The molecule has 3 aliphatic rings. The zero-order chi connectivity index (χ0) is 14.4. The first-order chi connectivity index (χ1) is 10.4. The summed E-state index contributed by atoms with van der Waals surface area (Å²) in [4.78, 5) is 2.32. The van der Waals surface area contributed by atoms with Gasteiger partial charge in [-0.25, -0.2) is 0 Å². The van der Waals surface area contributed by atoms with Gasteiger partial charge in [0.2, 0.25) is 0 Å². The highest BCUT2D eigenvalue weighted by Crippen LogP contribution is 2.20. The molecule has 3 aliphatic heterocycles. The van der Waals surface area contributed by atoms with Crippen molar-refractivity contribution in [1.29, 1.82) is 0 Å². The van der Waals surface area contributed by atoms with Crippen LogP contribution in [0.3, 0.4) is 0 Å². The number of benzene rings is 1. The molecule has 3 heterocycles. The van der Waals surface area contributed by atoms with Gasteiger partial charge in [0.1, 0.15) is 0 Å². The minimum Gasteiger partial charge on any atom is -0.372 e. The van der Waals surface area contributed by atoms with Crippen molar-refractivity contribution in [3.8, 4) is 11.2 Å². The Morgan fingerprint density at radius 3 is 2.24 bits per heavy atom. The molecular weight excluding hydrogens is 302 g/mol. The lowest BCUT2D eigenvalue weighted by molar-refractivity contribution is -0.00440. The smallest absolute Gasteiger partial charge is 0.372 e. The highest BCUT2D eigenvalue weighted by molar-refractivity contribution is 8.05. The number of nitrogens with zero attached hydrogens (tertiary/aromatic N) is 1. The molecule has 1 aromatic rings. The highest BCUT2D eigenvalue weighted by Gasteiger charge is 2.43. The van der Waals surface area contributed by atoms with Crippen molar-refractivity contribution in [2.45, 2.75) is 0 Å². The molecule has 0 amide bonds. The van der Waals surface area contributed by atoms with E-state index in [0.29, 0.717) is 25.2 Å². The molecule has 0 aliphatic carbocycles. The summed E-state index contributed by atoms with van der Waals surface area (Å²) in [6.45, 7) is 5.00.